The van der Waals surface area contributed by atoms with E-state index in [2.05, 4.69) is 23.8 Å². The van der Waals surface area contributed by atoms with Crippen LogP contribution in [0.25, 0.3) is 0 Å². The fraction of sp³-hybridized carbons (Fsp3) is 0.733. The average Bonchev–Trinajstić information content (AvgIpc) is 2.66. The van der Waals surface area contributed by atoms with E-state index in [1.54, 1.807) is 0 Å². The number of carbonyl (C=O) groups excluding carboxylic acids is 2. The highest BCUT2D eigenvalue weighted by Crippen LogP contribution is 2.22. The van der Waals surface area contributed by atoms with Crippen molar-refractivity contribution in [3.05, 3.63) is 12.2 Å². The van der Waals surface area contributed by atoms with Crippen LogP contribution in [0.15, 0.2) is 12.2 Å². The van der Waals surface area contributed by atoms with Crippen LogP contribution in [-0.4, -0.2) is 11.9 Å². The summed E-state index contributed by atoms with van der Waals surface area (Å²) in [7, 11) is 0. The van der Waals surface area contributed by atoms with Crippen molar-refractivity contribution < 1.29 is 14.3 Å². The van der Waals surface area contributed by atoms with Crippen LogP contribution in [0.4, 0.5) is 0 Å². The van der Waals surface area contributed by atoms with Crippen molar-refractivity contribution in [2.75, 3.05) is 0 Å². The van der Waals surface area contributed by atoms with Gasteiger partial charge in [-0.15, -0.1) is 0 Å². The molecule has 0 aromatic carbocycles. The van der Waals surface area contributed by atoms with Crippen LogP contribution in [0, 0.1) is 5.92 Å². The zero-order chi connectivity index (χ0) is 13.2. The molecule has 0 aromatic rings. The molecule has 3 nitrogen and oxygen atoms in total. The van der Waals surface area contributed by atoms with Crippen LogP contribution in [-0.2, 0) is 14.3 Å². The number of cyclic esters (lactones) is 2. The van der Waals surface area contributed by atoms with E-state index in [1.807, 2.05) is 0 Å². The summed E-state index contributed by atoms with van der Waals surface area (Å²) in [5, 5.41) is 0. The molecule has 0 bridgehead atoms. The molecule has 0 aliphatic carbocycles. The minimum Gasteiger partial charge on any atom is -0.393 e. The molecule has 18 heavy (non-hydrogen) atoms. The van der Waals surface area contributed by atoms with Crippen molar-refractivity contribution in [1.82, 2.24) is 0 Å². The first-order valence-corrected chi connectivity index (χ1v) is 7.13. The second kappa shape index (κ2) is 8.90. The highest BCUT2D eigenvalue weighted by molar-refractivity contribution is 5.94. The molecule has 1 atom stereocenters. The summed E-state index contributed by atoms with van der Waals surface area (Å²) in [6.45, 7) is 2.20. The molecule has 1 aliphatic rings. The summed E-state index contributed by atoms with van der Waals surface area (Å²) in [6.07, 6.45) is 13.7. The largest absolute Gasteiger partial charge is 0.393 e. The molecule has 0 amide bonds. The Morgan fingerprint density at radius 2 is 1.83 bits per heavy atom. The SMILES string of the molecule is CCCC/C=C/CCCCCC1CC(=O)OC1=O. The van der Waals surface area contributed by atoms with E-state index < -0.39 is 0 Å². The summed E-state index contributed by atoms with van der Waals surface area (Å²) in [5.41, 5.74) is 0. The quantitative estimate of drug-likeness (QED) is 0.271. The van der Waals surface area contributed by atoms with E-state index in [0.717, 1.165) is 25.7 Å². The number of hydrogen-bond acceptors (Lipinski definition) is 3. The predicted molar refractivity (Wildman–Crippen MR) is 71.0 cm³/mol. The van der Waals surface area contributed by atoms with Crippen LogP contribution in [0.5, 0.6) is 0 Å². The number of hydrogen-bond donors (Lipinski definition) is 0. The molecule has 1 saturated heterocycles. The Bertz CT molecular complexity index is 294. The second-order valence-electron chi connectivity index (χ2n) is 4.95. The predicted octanol–water partition coefficient (Wildman–Crippen LogP) is 3.77. The Morgan fingerprint density at radius 3 is 2.44 bits per heavy atom. The lowest BCUT2D eigenvalue weighted by Crippen LogP contribution is -2.06. The van der Waals surface area contributed by atoms with Gasteiger partial charge in [0, 0.05) is 0 Å². The second-order valence-corrected chi connectivity index (χ2v) is 4.95. The smallest absolute Gasteiger partial charge is 0.317 e. The Balaban J connectivity index is 1.94. The van der Waals surface area contributed by atoms with Crippen molar-refractivity contribution in [2.45, 2.75) is 64.7 Å². The number of unbranched alkanes of at least 4 members (excludes halogenated alkanes) is 5. The normalized spacial score (nSPS) is 19.7. The van der Waals surface area contributed by atoms with Crippen LogP contribution in [0.1, 0.15) is 64.7 Å². The molecule has 3 heteroatoms. The fourth-order valence-electron chi connectivity index (χ4n) is 2.13. The lowest BCUT2D eigenvalue weighted by molar-refractivity contribution is -0.153. The van der Waals surface area contributed by atoms with Crippen LogP contribution in [0.3, 0.4) is 0 Å². The zero-order valence-corrected chi connectivity index (χ0v) is 11.3. The highest BCUT2D eigenvalue weighted by Gasteiger charge is 2.32. The van der Waals surface area contributed by atoms with E-state index >= 15 is 0 Å². The topological polar surface area (TPSA) is 43.4 Å². The molecule has 1 aliphatic heterocycles. The van der Waals surface area contributed by atoms with Gasteiger partial charge in [0.15, 0.2) is 0 Å². The summed E-state index contributed by atoms with van der Waals surface area (Å²) >= 11 is 0. The molecule has 0 N–H and O–H groups in total. The summed E-state index contributed by atoms with van der Waals surface area (Å²) in [4.78, 5) is 22.1. The van der Waals surface area contributed by atoms with Crippen LogP contribution in [0.2, 0.25) is 0 Å². The maximum atomic E-state index is 11.2. The molecule has 1 heterocycles. The minimum atomic E-state index is -0.358. The van der Waals surface area contributed by atoms with Gasteiger partial charge in [-0.05, 0) is 25.7 Å². The molecule has 0 aromatic heterocycles. The lowest BCUT2D eigenvalue weighted by atomic mass is 9.99. The summed E-state index contributed by atoms with van der Waals surface area (Å²) in [5.74, 6) is -0.846. The first-order valence-electron chi connectivity index (χ1n) is 7.13. The molecular weight excluding hydrogens is 228 g/mol. The first kappa shape index (κ1) is 14.9. The summed E-state index contributed by atoms with van der Waals surface area (Å²) in [6, 6.07) is 0. The number of esters is 2. The van der Waals surface area contributed by atoms with Crippen LogP contribution >= 0.6 is 0 Å². The lowest BCUT2D eigenvalue weighted by Gasteiger charge is -2.03. The van der Waals surface area contributed by atoms with E-state index in [0.29, 0.717) is 0 Å². The van der Waals surface area contributed by atoms with Gasteiger partial charge < -0.3 is 4.74 Å². The Hall–Kier alpha value is -1.12. The fourth-order valence-corrected chi connectivity index (χ4v) is 2.13. The van der Waals surface area contributed by atoms with Gasteiger partial charge in [0.05, 0.1) is 12.3 Å². The molecule has 1 fully saturated rings. The molecule has 1 unspecified atom stereocenters. The number of rotatable bonds is 9. The van der Waals surface area contributed by atoms with Crippen LogP contribution < -0.4 is 0 Å². The van der Waals surface area contributed by atoms with Gasteiger partial charge in [-0.25, -0.2) is 0 Å². The zero-order valence-electron chi connectivity index (χ0n) is 11.3. The van der Waals surface area contributed by atoms with Gasteiger partial charge in [0.1, 0.15) is 0 Å². The molecule has 0 radical (unpaired) electrons. The minimum absolute atomic E-state index is 0.169. The van der Waals surface area contributed by atoms with Crippen molar-refractivity contribution in [2.24, 2.45) is 5.92 Å². The maximum absolute atomic E-state index is 11.2. The van der Waals surface area contributed by atoms with Gasteiger partial charge in [0.2, 0.25) is 0 Å². The van der Waals surface area contributed by atoms with Crippen molar-refractivity contribution >= 4 is 11.9 Å². The average molecular weight is 252 g/mol. The van der Waals surface area contributed by atoms with Crippen molar-refractivity contribution in [3.63, 3.8) is 0 Å². The van der Waals surface area contributed by atoms with Gasteiger partial charge >= 0.3 is 11.9 Å². The van der Waals surface area contributed by atoms with Crippen molar-refractivity contribution in [1.29, 1.82) is 0 Å². The van der Waals surface area contributed by atoms with Crippen molar-refractivity contribution in [3.8, 4) is 0 Å². The van der Waals surface area contributed by atoms with Gasteiger partial charge in [0.25, 0.3) is 0 Å². The Labute approximate surface area is 110 Å². The number of allylic oxidation sites excluding steroid dienone is 2. The van der Waals surface area contributed by atoms with Gasteiger partial charge in [-0.3, -0.25) is 9.59 Å². The third-order valence-corrected chi connectivity index (χ3v) is 3.28. The maximum Gasteiger partial charge on any atom is 0.317 e. The first-order chi connectivity index (χ1) is 8.74. The highest BCUT2D eigenvalue weighted by atomic mass is 16.6. The van der Waals surface area contributed by atoms with Gasteiger partial charge in [-0.1, -0.05) is 44.8 Å². The summed E-state index contributed by atoms with van der Waals surface area (Å²) < 4.78 is 4.52. The van der Waals surface area contributed by atoms with E-state index in [4.69, 9.17) is 0 Å². The number of carbonyl (C=O) groups is 2. The molecule has 0 saturated carbocycles. The van der Waals surface area contributed by atoms with E-state index in [-0.39, 0.29) is 24.3 Å². The monoisotopic (exact) mass is 252 g/mol. The third-order valence-electron chi connectivity index (χ3n) is 3.28. The molecule has 1 rings (SSSR count). The molecule has 0 spiro atoms. The standard InChI is InChI=1S/C15H24O3/c1-2-3-4-5-6-7-8-9-10-11-13-12-14(16)18-15(13)17/h5-6,13H,2-4,7-12H2,1H3/b6-5+. The van der Waals surface area contributed by atoms with E-state index in [1.165, 1.54) is 25.7 Å². The number of ether oxygens (including phenoxy) is 1. The molecular formula is C15H24O3. The Kier molecular flexibility index (Phi) is 7.38. The van der Waals surface area contributed by atoms with Gasteiger partial charge in [-0.2, -0.15) is 0 Å². The molecule has 102 valence electrons. The third kappa shape index (κ3) is 5.99. The van der Waals surface area contributed by atoms with E-state index in [9.17, 15) is 9.59 Å². The Morgan fingerprint density at radius 1 is 1.11 bits per heavy atom.